The molecular formula is C8H6BrFN2O2. The smallest absolute Gasteiger partial charge is 0.270 e. The average molecular weight is 261 g/mol. The van der Waals surface area contributed by atoms with Crippen LogP contribution in [0.4, 0.5) is 10.1 Å². The Bertz CT molecular complexity index is 382. The molecule has 0 aliphatic rings. The highest BCUT2D eigenvalue weighted by molar-refractivity contribution is 9.10. The van der Waals surface area contributed by atoms with Gasteiger partial charge in [-0.15, -0.1) is 0 Å². The number of hydrogen-bond acceptors (Lipinski definition) is 3. The van der Waals surface area contributed by atoms with Crippen molar-refractivity contribution in [2.75, 3.05) is 5.32 Å². The molecule has 6 heteroatoms. The van der Waals surface area contributed by atoms with E-state index in [1.165, 1.54) is 12.1 Å². The molecule has 14 heavy (non-hydrogen) atoms. The van der Waals surface area contributed by atoms with E-state index in [1.807, 2.05) is 0 Å². The maximum Gasteiger partial charge on any atom is 0.270 e. The van der Waals surface area contributed by atoms with Crippen LogP contribution in [0.25, 0.3) is 0 Å². The zero-order valence-corrected chi connectivity index (χ0v) is 8.45. The van der Waals surface area contributed by atoms with Gasteiger partial charge < -0.3 is 10.5 Å². The summed E-state index contributed by atoms with van der Waals surface area (Å²) in [5.74, 6) is -1.28. The number of rotatable bonds is 2. The Labute approximate surface area is 87.5 Å². The van der Waals surface area contributed by atoms with Gasteiger partial charge in [0.05, 0.1) is 10.2 Å². The van der Waals surface area contributed by atoms with Crippen LogP contribution in [0, 0.1) is 5.82 Å². The third-order valence-electron chi connectivity index (χ3n) is 1.38. The van der Waals surface area contributed by atoms with Crippen molar-refractivity contribution in [2.24, 2.45) is 5.16 Å². The maximum atomic E-state index is 13.2. The average Bonchev–Trinajstić information content (AvgIpc) is 2.13. The Morgan fingerprint density at radius 2 is 2.36 bits per heavy atom. The van der Waals surface area contributed by atoms with Gasteiger partial charge in [0.25, 0.3) is 5.91 Å². The van der Waals surface area contributed by atoms with Crippen molar-refractivity contribution in [3.05, 3.63) is 28.5 Å². The van der Waals surface area contributed by atoms with E-state index < -0.39 is 11.7 Å². The highest BCUT2D eigenvalue weighted by atomic mass is 79.9. The number of amides is 1. The Morgan fingerprint density at radius 1 is 1.64 bits per heavy atom. The lowest BCUT2D eigenvalue weighted by Gasteiger charge is -2.03. The molecule has 0 aliphatic heterocycles. The van der Waals surface area contributed by atoms with Crippen LogP contribution < -0.4 is 5.32 Å². The number of carbonyl (C=O) groups is 1. The van der Waals surface area contributed by atoms with Gasteiger partial charge in [-0.25, -0.2) is 4.39 Å². The lowest BCUT2D eigenvalue weighted by molar-refractivity contribution is -0.110. The van der Waals surface area contributed by atoms with Crippen LogP contribution in [0.5, 0.6) is 0 Å². The lowest BCUT2D eigenvalue weighted by atomic mass is 10.3. The van der Waals surface area contributed by atoms with Gasteiger partial charge >= 0.3 is 0 Å². The molecule has 0 atom stereocenters. The number of anilines is 1. The first-order valence-electron chi connectivity index (χ1n) is 3.57. The zero-order valence-electron chi connectivity index (χ0n) is 6.87. The number of carbonyl (C=O) groups excluding carboxylic acids is 1. The Kier molecular flexibility index (Phi) is 3.58. The second kappa shape index (κ2) is 4.71. The molecule has 1 rings (SSSR count). The van der Waals surface area contributed by atoms with Crippen molar-refractivity contribution in [1.82, 2.24) is 0 Å². The minimum absolute atomic E-state index is 0.0178. The van der Waals surface area contributed by atoms with E-state index in [0.29, 0.717) is 6.21 Å². The summed E-state index contributed by atoms with van der Waals surface area (Å²) in [5, 5.41) is 12.8. The predicted molar refractivity (Wildman–Crippen MR) is 53.0 cm³/mol. The molecule has 1 aromatic carbocycles. The lowest BCUT2D eigenvalue weighted by Crippen LogP contribution is -2.13. The number of oxime groups is 1. The first-order chi connectivity index (χ1) is 6.65. The van der Waals surface area contributed by atoms with Crippen LogP contribution in [0.2, 0.25) is 0 Å². The normalized spacial score (nSPS) is 10.4. The van der Waals surface area contributed by atoms with Crippen molar-refractivity contribution < 1.29 is 14.4 Å². The van der Waals surface area contributed by atoms with Crippen molar-refractivity contribution in [2.45, 2.75) is 0 Å². The van der Waals surface area contributed by atoms with Gasteiger partial charge in [-0.2, -0.15) is 0 Å². The summed E-state index contributed by atoms with van der Waals surface area (Å²) in [7, 11) is 0. The Balaban J connectivity index is 2.87. The number of hydrogen-bond donors (Lipinski definition) is 2. The van der Waals surface area contributed by atoms with Crippen LogP contribution in [0.3, 0.4) is 0 Å². The van der Waals surface area contributed by atoms with E-state index in [-0.39, 0.29) is 10.2 Å². The number of nitrogens with zero attached hydrogens (tertiary/aromatic N) is 1. The number of nitrogens with one attached hydrogen (secondary N) is 1. The quantitative estimate of drug-likeness (QED) is 0.485. The van der Waals surface area contributed by atoms with Gasteiger partial charge in [0.2, 0.25) is 0 Å². The Hall–Kier alpha value is -1.43. The SMILES string of the molecule is O=C(C=NO)Nc1cccc(Br)c1F. The molecule has 0 heterocycles. The fourth-order valence-electron chi connectivity index (χ4n) is 0.818. The van der Waals surface area contributed by atoms with Crippen molar-refractivity contribution in [3.63, 3.8) is 0 Å². The molecule has 1 aromatic rings. The highest BCUT2D eigenvalue weighted by Crippen LogP contribution is 2.22. The second-order valence-electron chi connectivity index (χ2n) is 2.34. The van der Waals surface area contributed by atoms with Crippen LogP contribution in [0.15, 0.2) is 27.8 Å². The first-order valence-corrected chi connectivity index (χ1v) is 4.37. The molecular weight excluding hydrogens is 255 g/mol. The van der Waals surface area contributed by atoms with Crippen molar-refractivity contribution in [1.29, 1.82) is 0 Å². The molecule has 4 nitrogen and oxygen atoms in total. The largest absolute Gasteiger partial charge is 0.411 e. The zero-order chi connectivity index (χ0) is 10.6. The van der Waals surface area contributed by atoms with Gasteiger partial charge in [-0.1, -0.05) is 11.2 Å². The van der Waals surface area contributed by atoms with Crippen LogP contribution >= 0.6 is 15.9 Å². The summed E-state index contributed by atoms with van der Waals surface area (Å²) in [4.78, 5) is 10.9. The maximum absolute atomic E-state index is 13.2. The summed E-state index contributed by atoms with van der Waals surface area (Å²) in [6.07, 6.45) is 0.639. The van der Waals surface area contributed by atoms with Crippen molar-refractivity contribution in [3.8, 4) is 0 Å². The highest BCUT2D eigenvalue weighted by Gasteiger charge is 2.07. The van der Waals surface area contributed by atoms with Crippen molar-refractivity contribution >= 4 is 33.7 Å². The molecule has 0 radical (unpaired) electrons. The number of halogens is 2. The topological polar surface area (TPSA) is 61.7 Å². The van der Waals surface area contributed by atoms with Crippen LogP contribution in [-0.4, -0.2) is 17.3 Å². The monoisotopic (exact) mass is 260 g/mol. The first kappa shape index (κ1) is 10.6. The van der Waals surface area contributed by atoms with E-state index >= 15 is 0 Å². The standard InChI is InChI=1S/C8H6BrFN2O2/c9-5-2-1-3-6(8(5)10)12-7(13)4-11-14/h1-4,14H,(H,12,13). The minimum Gasteiger partial charge on any atom is -0.411 e. The van der Waals surface area contributed by atoms with E-state index in [4.69, 9.17) is 5.21 Å². The predicted octanol–water partition coefficient (Wildman–Crippen LogP) is 1.99. The molecule has 0 saturated carbocycles. The molecule has 0 aliphatic carbocycles. The van der Waals surface area contributed by atoms with Gasteiger partial charge in [-0.3, -0.25) is 4.79 Å². The van der Waals surface area contributed by atoms with E-state index in [1.54, 1.807) is 6.07 Å². The second-order valence-corrected chi connectivity index (χ2v) is 3.19. The molecule has 0 bridgehead atoms. The van der Waals surface area contributed by atoms with E-state index in [0.717, 1.165) is 0 Å². The summed E-state index contributed by atoms with van der Waals surface area (Å²) in [6, 6.07) is 4.47. The van der Waals surface area contributed by atoms with Gasteiger partial charge in [0, 0.05) is 0 Å². The Morgan fingerprint density at radius 3 is 3.00 bits per heavy atom. The summed E-state index contributed by atoms with van der Waals surface area (Å²) >= 11 is 2.97. The third kappa shape index (κ3) is 2.53. The fraction of sp³-hybridized carbons (Fsp3) is 0. The molecule has 0 unspecified atom stereocenters. The van der Waals surface area contributed by atoms with Gasteiger partial charge in [0.1, 0.15) is 6.21 Å². The minimum atomic E-state index is -0.704. The van der Waals surface area contributed by atoms with Crippen LogP contribution in [-0.2, 0) is 4.79 Å². The third-order valence-corrected chi connectivity index (χ3v) is 2.00. The van der Waals surface area contributed by atoms with Gasteiger partial charge in [-0.05, 0) is 28.1 Å². The molecule has 0 aromatic heterocycles. The molecule has 2 N–H and O–H groups in total. The summed E-state index contributed by atoms with van der Waals surface area (Å²) < 4.78 is 13.5. The van der Waals surface area contributed by atoms with Crippen LogP contribution in [0.1, 0.15) is 0 Å². The van der Waals surface area contributed by atoms with Gasteiger partial charge in [0.15, 0.2) is 5.82 Å². The molecule has 74 valence electrons. The summed E-state index contributed by atoms with van der Waals surface area (Å²) in [5.41, 5.74) is 0.0178. The molecule has 0 saturated heterocycles. The molecule has 1 amide bonds. The molecule has 0 fully saturated rings. The van der Waals surface area contributed by atoms with E-state index in [2.05, 4.69) is 26.4 Å². The fourth-order valence-corrected chi connectivity index (χ4v) is 1.18. The van der Waals surface area contributed by atoms with E-state index in [9.17, 15) is 9.18 Å². The number of benzene rings is 1. The molecule has 0 spiro atoms. The summed E-state index contributed by atoms with van der Waals surface area (Å²) in [6.45, 7) is 0.